The Bertz CT molecular complexity index is 832. The molecule has 0 fully saturated rings. The molecule has 0 amide bonds. The number of aromatic hydroxyl groups is 1. The van der Waals surface area contributed by atoms with Crippen molar-refractivity contribution in [2.75, 3.05) is 0 Å². The number of hydrogen-bond donors (Lipinski definition) is 1. The third kappa shape index (κ3) is 3.19. The summed E-state index contributed by atoms with van der Waals surface area (Å²) < 4.78 is 0. The molecule has 3 aromatic rings. The minimum atomic E-state index is -0.149. The maximum absolute atomic E-state index is 12.3. The van der Waals surface area contributed by atoms with Gasteiger partial charge in [-0.1, -0.05) is 54.6 Å². The highest BCUT2D eigenvalue weighted by Gasteiger charge is 2.12. The quantitative estimate of drug-likeness (QED) is 0.745. The highest BCUT2D eigenvalue weighted by Crippen LogP contribution is 2.16. The summed E-state index contributed by atoms with van der Waals surface area (Å²) in [5, 5.41) is 9.27. The zero-order valence-electron chi connectivity index (χ0n) is 12.3. The molecule has 3 rings (SSSR count). The van der Waals surface area contributed by atoms with Crippen LogP contribution in [0.25, 0.3) is 0 Å². The number of benzene rings is 3. The van der Waals surface area contributed by atoms with Crippen LogP contribution in [0.3, 0.4) is 0 Å². The molecule has 0 spiro atoms. The highest BCUT2D eigenvalue weighted by molar-refractivity contribution is 6.11. The van der Waals surface area contributed by atoms with Crippen molar-refractivity contribution in [3.05, 3.63) is 101 Å². The predicted octanol–water partition coefficient (Wildman–Crippen LogP) is 3.85. The molecular weight excluding hydrogens is 288 g/mol. The third-order valence-electron chi connectivity index (χ3n) is 3.57. The summed E-state index contributed by atoms with van der Waals surface area (Å²) in [7, 11) is 0. The lowest BCUT2D eigenvalue weighted by Gasteiger charge is -2.04. The van der Waals surface area contributed by atoms with E-state index in [0.717, 1.165) is 0 Å². The first-order valence-corrected chi connectivity index (χ1v) is 7.19. The van der Waals surface area contributed by atoms with Gasteiger partial charge in [0.15, 0.2) is 11.6 Å². The van der Waals surface area contributed by atoms with Crippen LogP contribution >= 0.6 is 0 Å². The van der Waals surface area contributed by atoms with E-state index in [1.807, 2.05) is 18.2 Å². The first-order valence-electron chi connectivity index (χ1n) is 7.19. The average molecular weight is 302 g/mol. The lowest BCUT2D eigenvalue weighted by Crippen LogP contribution is -2.04. The first kappa shape index (κ1) is 14.7. The lowest BCUT2D eigenvalue weighted by molar-refractivity contribution is 0.102. The Hall–Kier alpha value is -3.20. The largest absolute Gasteiger partial charge is 0.508 e. The van der Waals surface area contributed by atoms with Gasteiger partial charge in [-0.25, -0.2) is 0 Å². The Morgan fingerprint density at radius 1 is 0.522 bits per heavy atom. The van der Waals surface area contributed by atoms with E-state index < -0.39 is 0 Å². The van der Waals surface area contributed by atoms with Crippen molar-refractivity contribution >= 4 is 11.6 Å². The summed E-state index contributed by atoms with van der Waals surface area (Å²) in [4.78, 5) is 24.7. The number of ketones is 2. The Morgan fingerprint density at radius 2 is 0.870 bits per heavy atom. The van der Waals surface area contributed by atoms with Crippen LogP contribution in [0.1, 0.15) is 31.8 Å². The lowest BCUT2D eigenvalue weighted by atomic mass is 9.98. The summed E-state index contributed by atoms with van der Waals surface area (Å²) in [6.45, 7) is 0. The van der Waals surface area contributed by atoms with Crippen LogP contribution in [-0.4, -0.2) is 16.7 Å². The maximum atomic E-state index is 12.3. The number of phenolic OH excluding ortho intramolecular Hbond substituents is 1. The minimum Gasteiger partial charge on any atom is -0.508 e. The van der Waals surface area contributed by atoms with Crippen LogP contribution in [0.2, 0.25) is 0 Å². The van der Waals surface area contributed by atoms with Crippen LogP contribution in [0.4, 0.5) is 0 Å². The van der Waals surface area contributed by atoms with E-state index in [-0.39, 0.29) is 17.3 Å². The first-order chi connectivity index (χ1) is 11.1. The van der Waals surface area contributed by atoms with Gasteiger partial charge in [0.2, 0.25) is 0 Å². The Morgan fingerprint density at radius 3 is 1.30 bits per heavy atom. The van der Waals surface area contributed by atoms with Gasteiger partial charge in [0.1, 0.15) is 5.75 Å². The van der Waals surface area contributed by atoms with E-state index in [0.29, 0.717) is 22.3 Å². The van der Waals surface area contributed by atoms with Crippen LogP contribution in [0.15, 0.2) is 78.9 Å². The molecule has 0 heterocycles. The second-order valence-electron chi connectivity index (χ2n) is 5.15. The second kappa shape index (κ2) is 6.28. The van der Waals surface area contributed by atoms with Gasteiger partial charge in [-0.15, -0.1) is 0 Å². The molecule has 3 heteroatoms. The molecule has 23 heavy (non-hydrogen) atoms. The number of carbonyl (C=O) groups excluding carboxylic acids is 2. The molecular formula is C20H14O3. The van der Waals surface area contributed by atoms with Crippen LogP contribution in [-0.2, 0) is 0 Å². The van der Waals surface area contributed by atoms with Gasteiger partial charge in [-0.2, -0.15) is 0 Å². The van der Waals surface area contributed by atoms with E-state index in [1.165, 1.54) is 12.1 Å². The van der Waals surface area contributed by atoms with Gasteiger partial charge >= 0.3 is 0 Å². The molecule has 0 aliphatic rings. The Labute approximate surface area is 133 Å². The van der Waals surface area contributed by atoms with Crippen molar-refractivity contribution in [1.29, 1.82) is 0 Å². The van der Waals surface area contributed by atoms with Gasteiger partial charge in [0.25, 0.3) is 0 Å². The number of phenols is 1. The van der Waals surface area contributed by atoms with Gasteiger partial charge in [-0.3, -0.25) is 9.59 Å². The summed E-state index contributed by atoms with van der Waals surface area (Å²) in [5.41, 5.74) is 2.15. The van der Waals surface area contributed by atoms with E-state index in [2.05, 4.69) is 0 Å². The average Bonchev–Trinajstić information content (AvgIpc) is 2.62. The Kier molecular flexibility index (Phi) is 4.02. The topological polar surface area (TPSA) is 54.4 Å². The number of hydrogen-bond acceptors (Lipinski definition) is 3. The van der Waals surface area contributed by atoms with Gasteiger partial charge in [0, 0.05) is 22.3 Å². The second-order valence-corrected chi connectivity index (χ2v) is 5.15. The molecule has 0 aromatic heterocycles. The number of rotatable bonds is 4. The molecule has 3 aromatic carbocycles. The van der Waals surface area contributed by atoms with Crippen molar-refractivity contribution in [3.8, 4) is 5.75 Å². The van der Waals surface area contributed by atoms with Crippen molar-refractivity contribution in [2.45, 2.75) is 0 Å². The van der Waals surface area contributed by atoms with Crippen molar-refractivity contribution in [1.82, 2.24) is 0 Å². The normalized spacial score (nSPS) is 10.3. The summed E-state index contributed by atoms with van der Waals surface area (Å²) in [5.74, 6) is -0.108. The molecule has 0 aliphatic carbocycles. The molecule has 0 atom stereocenters. The zero-order valence-corrected chi connectivity index (χ0v) is 12.3. The third-order valence-corrected chi connectivity index (χ3v) is 3.57. The smallest absolute Gasteiger partial charge is 0.193 e. The van der Waals surface area contributed by atoms with Crippen LogP contribution < -0.4 is 0 Å². The van der Waals surface area contributed by atoms with Gasteiger partial charge in [0.05, 0.1) is 0 Å². The highest BCUT2D eigenvalue weighted by atomic mass is 16.3. The molecule has 0 radical (unpaired) electrons. The van der Waals surface area contributed by atoms with Crippen LogP contribution in [0, 0.1) is 0 Å². The zero-order chi connectivity index (χ0) is 16.2. The SMILES string of the molecule is O=C(c1ccccc1)c1ccc(C(=O)c2ccc(O)cc2)cc1. The Balaban J connectivity index is 1.83. The van der Waals surface area contributed by atoms with E-state index in [4.69, 9.17) is 0 Å². The molecule has 3 nitrogen and oxygen atoms in total. The summed E-state index contributed by atoms with van der Waals surface area (Å²) in [6.07, 6.45) is 0. The van der Waals surface area contributed by atoms with E-state index >= 15 is 0 Å². The monoisotopic (exact) mass is 302 g/mol. The molecule has 112 valence electrons. The fourth-order valence-corrected chi connectivity index (χ4v) is 2.31. The summed E-state index contributed by atoms with van der Waals surface area (Å²) in [6, 6.07) is 21.7. The standard InChI is InChI=1S/C20H14O3/c21-18-12-10-17(11-13-18)20(23)16-8-6-15(7-9-16)19(22)14-4-2-1-3-5-14/h1-13,21H. The fourth-order valence-electron chi connectivity index (χ4n) is 2.31. The van der Waals surface area contributed by atoms with E-state index in [1.54, 1.807) is 48.5 Å². The molecule has 0 unspecified atom stereocenters. The van der Waals surface area contributed by atoms with Crippen molar-refractivity contribution in [2.24, 2.45) is 0 Å². The molecule has 1 N–H and O–H groups in total. The van der Waals surface area contributed by atoms with Crippen LogP contribution in [0.5, 0.6) is 5.75 Å². The predicted molar refractivity (Wildman–Crippen MR) is 87.9 cm³/mol. The maximum Gasteiger partial charge on any atom is 0.193 e. The minimum absolute atomic E-state index is 0.0748. The molecule has 0 aliphatic heterocycles. The molecule has 0 bridgehead atoms. The van der Waals surface area contributed by atoms with Gasteiger partial charge in [-0.05, 0) is 24.3 Å². The molecule has 0 saturated carbocycles. The fraction of sp³-hybridized carbons (Fsp3) is 0. The van der Waals surface area contributed by atoms with Crippen molar-refractivity contribution in [3.63, 3.8) is 0 Å². The van der Waals surface area contributed by atoms with E-state index in [9.17, 15) is 14.7 Å². The number of carbonyl (C=O) groups is 2. The van der Waals surface area contributed by atoms with Crippen molar-refractivity contribution < 1.29 is 14.7 Å². The molecule has 0 saturated heterocycles. The van der Waals surface area contributed by atoms with Gasteiger partial charge < -0.3 is 5.11 Å². The summed E-state index contributed by atoms with van der Waals surface area (Å²) >= 11 is 0.